The summed E-state index contributed by atoms with van der Waals surface area (Å²) in [5, 5.41) is 10.7. The molecule has 13 heavy (non-hydrogen) atoms. The predicted molar refractivity (Wildman–Crippen MR) is 54.5 cm³/mol. The van der Waals surface area contributed by atoms with Crippen LogP contribution in [0, 0.1) is 17.2 Å². The van der Waals surface area contributed by atoms with E-state index in [9.17, 15) is 0 Å². The van der Waals surface area contributed by atoms with Crippen LogP contribution in [0.25, 0.3) is 0 Å². The summed E-state index contributed by atoms with van der Waals surface area (Å²) in [7, 11) is 0. The number of guanidine groups is 1. The van der Waals surface area contributed by atoms with Crippen LogP contribution in [0.15, 0.2) is 29.4 Å². The highest BCUT2D eigenvalue weighted by molar-refractivity contribution is 5.75. The van der Waals surface area contributed by atoms with Crippen LogP contribution in [0.2, 0.25) is 0 Å². The molecule has 70 valence electrons. The molecular formula is C9H14N4. The Balaban J connectivity index is 2.44. The molecule has 2 unspecified atom stereocenters. The van der Waals surface area contributed by atoms with Crippen LogP contribution in [-0.4, -0.2) is 12.2 Å². The zero-order valence-corrected chi connectivity index (χ0v) is 7.57. The minimum atomic E-state index is -0.140. The van der Waals surface area contributed by atoms with Gasteiger partial charge in [0.15, 0.2) is 0 Å². The van der Waals surface area contributed by atoms with Gasteiger partial charge in [0.05, 0.1) is 0 Å². The van der Waals surface area contributed by atoms with Crippen molar-refractivity contribution in [3.8, 4) is 0 Å². The van der Waals surface area contributed by atoms with Crippen molar-refractivity contribution in [1.29, 1.82) is 5.41 Å². The number of nitrogens with one attached hydrogen (secondary N) is 2. The first-order chi connectivity index (χ1) is 6.20. The molecule has 0 radical (unpaired) electrons. The third-order valence-corrected chi connectivity index (χ3v) is 1.90. The van der Waals surface area contributed by atoms with Gasteiger partial charge in [-0.1, -0.05) is 31.2 Å². The molecule has 0 heterocycles. The van der Waals surface area contributed by atoms with E-state index in [-0.39, 0.29) is 11.9 Å². The minimum absolute atomic E-state index is 0.140. The van der Waals surface area contributed by atoms with Crippen molar-refractivity contribution in [3.63, 3.8) is 0 Å². The third kappa shape index (κ3) is 3.11. The molecule has 0 aromatic carbocycles. The van der Waals surface area contributed by atoms with Gasteiger partial charge in [-0.3, -0.25) is 5.41 Å². The molecule has 4 N–H and O–H groups in total. The van der Waals surface area contributed by atoms with Crippen LogP contribution in [-0.2, 0) is 0 Å². The third-order valence-electron chi connectivity index (χ3n) is 1.90. The molecular weight excluding hydrogens is 164 g/mol. The molecule has 0 bridgehead atoms. The van der Waals surface area contributed by atoms with E-state index in [4.69, 9.17) is 11.1 Å². The van der Waals surface area contributed by atoms with Crippen LogP contribution in [0.1, 0.15) is 6.92 Å². The Kier molecular flexibility index (Phi) is 3.25. The fourth-order valence-electron chi connectivity index (χ4n) is 1.11. The zero-order chi connectivity index (χ0) is 9.68. The van der Waals surface area contributed by atoms with Crippen LogP contribution in [0.5, 0.6) is 0 Å². The lowest BCUT2D eigenvalue weighted by Gasteiger charge is -2.15. The van der Waals surface area contributed by atoms with E-state index in [2.05, 4.69) is 29.6 Å². The maximum atomic E-state index is 6.88. The van der Waals surface area contributed by atoms with Gasteiger partial charge >= 0.3 is 0 Å². The lowest BCUT2D eigenvalue weighted by atomic mass is 9.91. The maximum absolute atomic E-state index is 6.88. The summed E-state index contributed by atoms with van der Waals surface area (Å²) in [6.45, 7) is 2.12. The second-order valence-corrected chi connectivity index (χ2v) is 3.01. The highest BCUT2D eigenvalue weighted by Crippen LogP contribution is 2.16. The highest BCUT2D eigenvalue weighted by atomic mass is 15.3. The Hall–Kier alpha value is -1.58. The van der Waals surface area contributed by atoms with E-state index in [1.165, 1.54) is 0 Å². The van der Waals surface area contributed by atoms with E-state index in [1.807, 2.05) is 12.2 Å². The lowest BCUT2D eigenvalue weighted by molar-refractivity contribution is 0.642. The van der Waals surface area contributed by atoms with Gasteiger partial charge in [0.2, 0.25) is 5.96 Å². The molecule has 2 atom stereocenters. The summed E-state index contributed by atoms with van der Waals surface area (Å²) >= 11 is 0. The lowest BCUT2D eigenvalue weighted by Crippen LogP contribution is -2.26. The topological polar surface area (TPSA) is 74.3 Å². The van der Waals surface area contributed by atoms with Crippen molar-refractivity contribution in [2.24, 2.45) is 22.7 Å². The molecule has 0 saturated heterocycles. The number of nitrogens with two attached hydrogens (primary N) is 1. The van der Waals surface area contributed by atoms with E-state index >= 15 is 0 Å². The summed E-state index contributed by atoms with van der Waals surface area (Å²) in [6.07, 6.45) is 9.95. The van der Waals surface area contributed by atoms with Crippen molar-refractivity contribution in [2.45, 2.75) is 6.92 Å². The van der Waals surface area contributed by atoms with Crippen molar-refractivity contribution < 1.29 is 0 Å². The van der Waals surface area contributed by atoms with Crippen molar-refractivity contribution >= 4 is 12.2 Å². The normalized spacial score (nSPS) is 26.5. The summed E-state index contributed by atoms with van der Waals surface area (Å²) in [4.78, 5) is 0. The number of hydrogen-bond donors (Lipinski definition) is 3. The minimum Gasteiger partial charge on any atom is -0.369 e. The average molecular weight is 178 g/mol. The smallest absolute Gasteiger partial charge is 0.206 e. The first-order valence-electron chi connectivity index (χ1n) is 4.18. The summed E-state index contributed by atoms with van der Waals surface area (Å²) in [5.41, 5.74) is 7.46. The standard InChI is InChI=1S/C9H14N4/c1-7-4-2-3-5-8(7)6-12-13-9(10)11/h2-8H,1H3,(H4,10,11,13)/b12-6+. The van der Waals surface area contributed by atoms with E-state index in [1.54, 1.807) is 6.21 Å². The van der Waals surface area contributed by atoms with Gasteiger partial charge in [0.1, 0.15) is 0 Å². The van der Waals surface area contributed by atoms with E-state index in [0.717, 1.165) is 0 Å². The largest absolute Gasteiger partial charge is 0.369 e. The molecule has 1 aliphatic rings. The Morgan fingerprint density at radius 1 is 1.54 bits per heavy atom. The van der Waals surface area contributed by atoms with Gasteiger partial charge in [0.25, 0.3) is 0 Å². The van der Waals surface area contributed by atoms with Crippen molar-refractivity contribution in [2.75, 3.05) is 0 Å². The number of hydrogen-bond acceptors (Lipinski definition) is 2. The monoisotopic (exact) mass is 178 g/mol. The zero-order valence-electron chi connectivity index (χ0n) is 7.57. The Bertz CT molecular complexity index is 265. The molecule has 0 saturated carbocycles. The van der Waals surface area contributed by atoms with Crippen molar-refractivity contribution in [3.05, 3.63) is 24.3 Å². The molecule has 0 aromatic heterocycles. The van der Waals surface area contributed by atoms with E-state index in [0.29, 0.717) is 5.92 Å². The number of rotatable bonds is 2. The SMILES string of the molecule is CC1C=CC=CC1/C=N/NC(=N)N. The van der Waals surface area contributed by atoms with Gasteiger partial charge < -0.3 is 5.73 Å². The van der Waals surface area contributed by atoms with Gasteiger partial charge in [0, 0.05) is 12.1 Å². The molecule has 1 aliphatic carbocycles. The Morgan fingerprint density at radius 3 is 2.85 bits per heavy atom. The molecule has 0 aliphatic heterocycles. The second kappa shape index (κ2) is 4.45. The summed E-state index contributed by atoms with van der Waals surface area (Å²) in [5.74, 6) is 0.596. The summed E-state index contributed by atoms with van der Waals surface area (Å²) in [6, 6.07) is 0. The quantitative estimate of drug-likeness (QED) is 0.333. The molecule has 0 aromatic rings. The van der Waals surface area contributed by atoms with Gasteiger partial charge in [-0.15, -0.1) is 0 Å². The molecule has 4 heteroatoms. The number of allylic oxidation sites excluding steroid dienone is 4. The Morgan fingerprint density at radius 2 is 2.23 bits per heavy atom. The number of nitrogens with zero attached hydrogens (tertiary/aromatic N) is 1. The highest BCUT2D eigenvalue weighted by Gasteiger charge is 2.10. The molecule has 4 nitrogen and oxygen atoms in total. The average Bonchev–Trinajstić information content (AvgIpc) is 2.08. The van der Waals surface area contributed by atoms with Crippen molar-refractivity contribution in [1.82, 2.24) is 5.43 Å². The van der Waals surface area contributed by atoms with Crippen LogP contribution in [0.4, 0.5) is 0 Å². The van der Waals surface area contributed by atoms with Crippen LogP contribution < -0.4 is 11.2 Å². The Labute approximate surface area is 77.7 Å². The molecule has 0 fully saturated rings. The van der Waals surface area contributed by atoms with Gasteiger partial charge in [-0.05, 0) is 5.92 Å². The molecule has 0 spiro atoms. The number of hydrazone groups is 1. The van der Waals surface area contributed by atoms with Gasteiger partial charge in [-0.25, -0.2) is 5.43 Å². The molecule has 1 rings (SSSR count). The van der Waals surface area contributed by atoms with E-state index < -0.39 is 0 Å². The van der Waals surface area contributed by atoms with Crippen LogP contribution >= 0.6 is 0 Å². The van der Waals surface area contributed by atoms with Gasteiger partial charge in [-0.2, -0.15) is 5.10 Å². The molecule has 0 amide bonds. The first-order valence-corrected chi connectivity index (χ1v) is 4.18. The fourth-order valence-corrected chi connectivity index (χ4v) is 1.11. The predicted octanol–water partition coefficient (Wildman–Crippen LogP) is 0.834. The fraction of sp³-hybridized carbons (Fsp3) is 0.333. The van der Waals surface area contributed by atoms with Crippen LogP contribution in [0.3, 0.4) is 0 Å². The maximum Gasteiger partial charge on any atom is 0.206 e. The second-order valence-electron chi connectivity index (χ2n) is 3.01. The summed E-state index contributed by atoms with van der Waals surface area (Å²) < 4.78 is 0. The first kappa shape index (κ1) is 9.51.